The SMILES string of the molecule is Cc1ccc(CC(=O)N2CCN(C(=O)C3CSCN3)CC2)cc1C. The van der Waals surface area contributed by atoms with Crippen molar-refractivity contribution in [2.45, 2.75) is 26.3 Å². The fourth-order valence-corrected chi connectivity index (χ4v) is 4.08. The van der Waals surface area contributed by atoms with Crippen LogP contribution in [0.5, 0.6) is 0 Å². The average Bonchev–Trinajstić information content (AvgIpc) is 3.12. The fourth-order valence-electron chi connectivity index (χ4n) is 3.15. The van der Waals surface area contributed by atoms with E-state index in [1.54, 1.807) is 11.8 Å². The van der Waals surface area contributed by atoms with Crippen molar-refractivity contribution in [1.82, 2.24) is 15.1 Å². The Morgan fingerprint density at radius 3 is 2.46 bits per heavy atom. The van der Waals surface area contributed by atoms with E-state index in [2.05, 4.69) is 31.3 Å². The van der Waals surface area contributed by atoms with E-state index in [-0.39, 0.29) is 17.9 Å². The van der Waals surface area contributed by atoms with Gasteiger partial charge in [-0.15, -0.1) is 11.8 Å². The first-order valence-electron chi connectivity index (χ1n) is 8.48. The van der Waals surface area contributed by atoms with Crippen LogP contribution in [0, 0.1) is 13.8 Å². The molecule has 6 heteroatoms. The van der Waals surface area contributed by atoms with Crippen LogP contribution in [-0.4, -0.2) is 65.5 Å². The highest BCUT2D eigenvalue weighted by atomic mass is 32.2. The highest BCUT2D eigenvalue weighted by Gasteiger charge is 2.30. The fraction of sp³-hybridized carbons (Fsp3) is 0.556. The number of rotatable bonds is 3. The van der Waals surface area contributed by atoms with Crippen LogP contribution in [0.3, 0.4) is 0 Å². The van der Waals surface area contributed by atoms with E-state index < -0.39 is 0 Å². The molecule has 0 bridgehead atoms. The van der Waals surface area contributed by atoms with Gasteiger partial charge in [-0.2, -0.15) is 0 Å². The van der Waals surface area contributed by atoms with E-state index in [1.165, 1.54) is 11.1 Å². The third kappa shape index (κ3) is 3.92. The summed E-state index contributed by atoms with van der Waals surface area (Å²) in [7, 11) is 0. The molecular formula is C18H25N3O2S. The molecule has 1 unspecified atom stereocenters. The minimum atomic E-state index is -0.0483. The summed E-state index contributed by atoms with van der Waals surface area (Å²) in [6, 6.07) is 6.15. The van der Waals surface area contributed by atoms with Crippen LogP contribution in [0.2, 0.25) is 0 Å². The molecule has 2 amide bonds. The molecule has 3 rings (SSSR count). The highest BCUT2D eigenvalue weighted by Crippen LogP contribution is 2.15. The van der Waals surface area contributed by atoms with Crippen molar-refractivity contribution in [3.63, 3.8) is 0 Å². The van der Waals surface area contributed by atoms with Crippen LogP contribution in [-0.2, 0) is 16.0 Å². The molecule has 0 aromatic heterocycles. The van der Waals surface area contributed by atoms with Gasteiger partial charge in [-0.05, 0) is 30.5 Å². The topological polar surface area (TPSA) is 52.7 Å². The second-order valence-electron chi connectivity index (χ2n) is 6.57. The van der Waals surface area contributed by atoms with E-state index >= 15 is 0 Å². The van der Waals surface area contributed by atoms with Gasteiger partial charge in [0.25, 0.3) is 0 Å². The summed E-state index contributed by atoms with van der Waals surface area (Å²) in [6.07, 6.45) is 0.440. The second-order valence-corrected chi connectivity index (χ2v) is 7.60. The molecule has 1 atom stereocenters. The molecular weight excluding hydrogens is 322 g/mol. The maximum absolute atomic E-state index is 12.5. The van der Waals surface area contributed by atoms with Gasteiger partial charge in [0.2, 0.25) is 11.8 Å². The summed E-state index contributed by atoms with van der Waals surface area (Å²) < 4.78 is 0. The van der Waals surface area contributed by atoms with Gasteiger partial charge in [-0.25, -0.2) is 0 Å². The molecule has 2 aliphatic heterocycles. The van der Waals surface area contributed by atoms with Crippen LogP contribution in [0.4, 0.5) is 0 Å². The number of carbonyl (C=O) groups excluding carboxylic acids is 2. The number of amides is 2. The molecule has 1 aromatic carbocycles. The van der Waals surface area contributed by atoms with Crippen molar-refractivity contribution in [2.24, 2.45) is 0 Å². The van der Waals surface area contributed by atoms with E-state index in [0.717, 1.165) is 17.2 Å². The van der Waals surface area contributed by atoms with Gasteiger partial charge in [0.1, 0.15) is 0 Å². The lowest BCUT2D eigenvalue weighted by Gasteiger charge is -2.36. The standard InChI is InChI=1S/C18H25N3O2S/c1-13-3-4-15(9-14(13)2)10-17(22)20-5-7-21(8-6-20)18(23)16-11-24-12-19-16/h3-4,9,16,19H,5-8,10-12H2,1-2H3. The molecule has 0 aliphatic carbocycles. The normalized spacial score (nSPS) is 21.2. The van der Waals surface area contributed by atoms with Gasteiger partial charge < -0.3 is 9.80 Å². The monoisotopic (exact) mass is 347 g/mol. The summed E-state index contributed by atoms with van der Waals surface area (Å²) in [5.74, 6) is 2.04. The van der Waals surface area contributed by atoms with Crippen LogP contribution in [0.15, 0.2) is 18.2 Å². The number of thioether (sulfide) groups is 1. The number of hydrogen-bond acceptors (Lipinski definition) is 4. The first-order chi connectivity index (χ1) is 11.5. The van der Waals surface area contributed by atoms with Crippen LogP contribution < -0.4 is 5.32 Å². The molecule has 0 saturated carbocycles. The number of hydrogen-bond donors (Lipinski definition) is 1. The number of nitrogens with zero attached hydrogens (tertiary/aromatic N) is 2. The Bertz CT molecular complexity index is 621. The summed E-state index contributed by atoms with van der Waals surface area (Å²) in [4.78, 5) is 28.7. The minimum Gasteiger partial charge on any atom is -0.339 e. The quantitative estimate of drug-likeness (QED) is 0.892. The number of piperazine rings is 1. The Morgan fingerprint density at radius 2 is 1.83 bits per heavy atom. The lowest BCUT2D eigenvalue weighted by atomic mass is 10.0. The minimum absolute atomic E-state index is 0.0483. The lowest BCUT2D eigenvalue weighted by Crippen LogP contribution is -2.54. The summed E-state index contributed by atoms with van der Waals surface area (Å²) in [5, 5.41) is 3.22. The molecule has 24 heavy (non-hydrogen) atoms. The number of carbonyl (C=O) groups is 2. The Kier molecular flexibility index (Phi) is 5.46. The van der Waals surface area contributed by atoms with Gasteiger partial charge in [-0.3, -0.25) is 14.9 Å². The van der Waals surface area contributed by atoms with Crippen LogP contribution in [0.1, 0.15) is 16.7 Å². The predicted molar refractivity (Wildman–Crippen MR) is 97.0 cm³/mol. The molecule has 5 nitrogen and oxygen atoms in total. The third-order valence-electron chi connectivity index (χ3n) is 4.89. The first-order valence-corrected chi connectivity index (χ1v) is 9.64. The van der Waals surface area contributed by atoms with Crippen molar-refractivity contribution in [3.05, 3.63) is 34.9 Å². The molecule has 130 valence electrons. The van der Waals surface area contributed by atoms with Crippen molar-refractivity contribution in [2.75, 3.05) is 37.8 Å². The Morgan fingerprint density at radius 1 is 1.12 bits per heavy atom. The van der Waals surface area contributed by atoms with E-state index in [1.807, 2.05) is 15.9 Å². The van der Waals surface area contributed by atoms with Crippen molar-refractivity contribution >= 4 is 23.6 Å². The van der Waals surface area contributed by atoms with Gasteiger partial charge >= 0.3 is 0 Å². The Labute approximate surface area is 147 Å². The number of nitrogens with one attached hydrogen (secondary N) is 1. The predicted octanol–water partition coefficient (Wildman–Crippen LogP) is 1.18. The maximum Gasteiger partial charge on any atom is 0.240 e. The molecule has 2 heterocycles. The highest BCUT2D eigenvalue weighted by molar-refractivity contribution is 7.99. The van der Waals surface area contributed by atoms with E-state index in [4.69, 9.17) is 0 Å². The zero-order chi connectivity index (χ0) is 17.1. The van der Waals surface area contributed by atoms with Crippen LogP contribution in [0.25, 0.3) is 0 Å². The van der Waals surface area contributed by atoms with Gasteiger partial charge in [0.15, 0.2) is 0 Å². The molecule has 2 saturated heterocycles. The Balaban J connectivity index is 1.51. The van der Waals surface area contributed by atoms with E-state index in [9.17, 15) is 9.59 Å². The number of benzene rings is 1. The summed E-state index contributed by atoms with van der Waals surface area (Å²) >= 11 is 1.76. The molecule has 1 N–H and O–H groups in total. The summed E-state index contributed by atoms with van der Waals surface area (Å²) in [6.45, 7) is 6.70. The first kappa shape index (κ1) is 17.3. The smallest absolute Gasteiger partial charge is 0.240 e. The second kappa shape index (κ2) is 7.57. The largest absolute Gasteiger partial charge is 0.339 e. The molecule has 0 spiro atoms. The molecule has 2 fully saturated rings. The van der Waals surface area contributed by atoms with Crippen molar-refractivity contribution < 1.29 is 9.59 Å². The van der Waals surface area contributed by atoms with E-state index in [0.29, 0.717) is 32.6 Å². The summed E-state index contributed by atoms with van der Waals surface area (Å²) in [5.41, 5.74) is 3.53. The average molecular weight is 347 g/mol. The lowest BCUT2D eigenvalue weighted by molar-refractivity contribution is -0.140. The molecule has 0 radical (unpaired) electrons. The van der Waals surface area contributed by atoms with Crippen molar-refractivity contribution in [1.29, 1.82) is 0 Å². The number of aryl methyl sites for hydroxylation is 2. The zero-order valence-electron chi connectivity index (χ0n) is 14.4. The molecule has 2 aliphatic rings. The maximum atomic E-state index is 12.5. The van der Waals surface area contributed by atoms with Crippen molar-refractivity contribution in [3.8, 4) is 0 Å². The Hall–Kier alpha value is -1.53. The van der Waals surface area contributed by atoms with Gasteiger partial charge in [0, 0.05) is 37.8 Å². The van der Waals surface area contributed by atoms with Gasteiger partial charge in [-0.1, -0.05) is 18.2 Å². The van der Waals surface area contributed by atoms with Crippen LogP contribution >= 0.6 is 11.8 Å². The third-order valence-corrected chi connectivity index (χ3v) is 5.82. The zero-order valence-corrected chi connectivity index (χ0v) is 15.2. The van der Waals surface area contributed by atoms with Gasteiger partial charge in [0.05, 0.1) is 12.5 Å². The molecule has 1 aromatic rings.